The fraction of sp³-hybridized carbons (Fsp3) is 0.632. The van der Waals surface area contributed by atoms with E-state index in [4.69, 9.17) is 0 Å². The smallest absolute Gasteiger partial charge is 0.247 e. The van der Waals surface area contributed by atoms with E-state index < -0.39 is 10.0 Å². The van der Waals surface area contributed by atoms with Gasteiger partial charge in [0.15, 0.2) is 0 Å². The van der Waals surface area contributed by atoms with Crippen LogP contribution in [-0.2, 0) is 10.0 Å². The van der Waals surface area contributed by atoms with Crippen LogP contribution in [-0.4, -0.2) is 57.6 Å². The summed E-state index contributed by atoms with van der Waals surface area (Å²) >= 11 is 0. The molecule has 152 valence electrons. The molecule has 2 bridgehead atoms. The summed E-state index contributed by atoms with van der Waals surface area (Å²) < 4.78 is 30.5. The van der Waals surface area contributed by atoms with Crippen LogP contribution in [0.2, 0.25) is 0 Å². The maximum atomic E-state index is 13.5. The minimum absolute atomic E-state index is 0.0281. The SMILES string of the molecule is Cc1ncnc(N2CC3CC(C2)N3S(=O)(=O)c2c(C)nn(C(C)C)c2C)c1C. The number of rotatable bonds is 4. The molecule has 2 unspecified atom stereocenters. The monoisotopic (exact) mass is 404 g/mol. The van der Waals surface area contributed by atoms with Crippen LogP contribution in [0.4, 0.5) is 5.82 Å². The van der Waals surface area contributed by atoms with Gasteiger partial charge in [-0.05, 0) is 48.0 Å². The zero-order chi connectivity index (χ0) is 20.4. The van der Waals surface area contributed by atoms with E-state index in [1.165, 1.54) is 0 Å². The quantitative estimate of drug-likeness (QED) is 0.776. The molecule has 9 heteroatoms. The fourth-order valence-corrected chi connectivity index (χ4v) is 6.80. The van der Waals surface area contributed by atoms with Gasteiger partial charge in [0.05, 0.1) is 11.4 Å². The van der Waals surface area contributed by atoms with Gasteiger partial charge in [-0.25, -0.2) is 18.4 Å². The zero-order valence-corrected chi connectivity index (χ0v) is 18.2. The first kappa shape index (κ1) is 19.3. The largest absolute Gasteiger partial charge is 0.353 e. The minimum Gasteiger partial charge on any atom is -0.353 e. The Morgan fingerprint density at radius 2 is 1.68 bits per heavy atom. The lowest BCUT2D eigenvalue weighted by Gasteiger charge is -2.55. The molecule has 3 aliphatic rings. The van der Waals surface area contributed by atoms with Gasteiger partial charge in [0.1, 0.15) is 17.0 Å². The molecule has 0 spiro atoms. The summed E-state index contributed by atoms with van der Waals surface area (Å²) in [6, 6.07) is 0.0669. The second-order valence-electron chi connectivity index (χ2n) is 8.23. The van der Waals surface area contributed by atoms with Crippen molar-refractivity contribution in [2.75, 3.05) is 18.0 Å². The van der Waals surface area contributed by atoms with Crippen LogP contribution >= 0.6 is 0 Å². The highest BCUT2D eigenvalue weighted by molar-refractivity contribution is 7.89. The van der Waals surface area contributed by atoms with E-state index in [0.29, 0.717) is 23.7 Å². The number of piperidine rings is 1. The van der Waals surface area contributed by atoms with Gasteiger partial charge < -0.3 is 4.90 Å². The van der Waals surface area contributed by atoms with Crippen LogP contribution in [0.25, 0.3) is 0 Å². The molecule has 2 atom stereocenters. The van der Waals surface area contributed by atoms with Crippen LogP contribution in [0.3, 0.4) is 0 Å². The van der Waals surface area contributed by atoms with Crippen LogP contribution < -0.4 is 4.90 Å². The molecule has 2 aromatic rings. The number of hydrogen-bond acceptors (Lipinski definition) is 6. The van der Waals surface area contributed by atoms with Gasteiger partial charge in [0, 0.05) is 42.5 Å². The molecule has 3 fully saturated rings. The molecule has 0 aromatic carbocycles. The Morgan fingerprint density at radius 1 is 1.04 bits per heavy atom. The first-order valence-electron chi connectivity index (χ1n) is 9.75. The Kier molecular flexibility index (Phi) is 4.50. The Bertz CT molecular complexity index is 1020. The molecule has 28 heavy (non-hydrogen) atoms. The maximum Gasteiger partial charge on any atom is 0.247 e. The van der Waals surface area contributed by atoms with Crippen LogP contribution in [0.5, 0.6) is 0 Å². The summed E-state index contributed by atoms with van der Waals surface area (Å²) in [5.41, 5.74) is 3.32. The molecular weight excluding hydrogens is 376 g/mol. The average Bonchev–Trinajstić information content (AvgIpc) is 2.92. The van der Waals surface area contributed by atoms with Crippen molar-refractivity contribution >= 4 is 15.8 Å². The number of aryl methyl sites for hydroxylation is 2. The Morgan fingerprint density at radius 3 is 2.25 bits per heavy atom. The molecule has 5 heterocycles. The summed E-state index contributed by atoms with van der Waals surface area (Å²) in [6.07, 6.45) is 2.48. The van der Waals surface area contributed by atoms with Crippen molar-refractivity contribution in [3.05, 3.63) is 29.0 Å². The van der Waals surface area contributed by atoms with Crippen LogP contribution in [0.15, 0.2) is 11.2 Å². The molecule has 0 N–H and O–H groups in total. The first-order chi connectivity index (χ1) is 13.1. The Labute approximate surface area is 166 Å². The van der Waals surface area contributed by atoms with Gasteiger partial charge >= 0.3 is 0 Å². The molecule has 0 saturated carbocycles. The number of hydrogen-bond donors (Lipinski definition) is 0. The number of sulfonamides is 1. The maximum absolute atomic E-state index is 13.5. The topological polar surface area (TPSA) is 84.2 Å². The van der Waals surface area contributed by atoms with Crippen molar-refractivity contribution in [3.63, 3.8) is 0 Å². The van der Waals surface area contributed by atoms with Crippen LogP contribution in [0.1, 0.15) is 49.0 Å². The summed E-state index contributed by atoms with van der Waals surface area (Å²) in [5.74, 6) is 0.916. The van der Waals surface area contributed by atoms with E-state index in [2.05, 4.69) is 20.0 Å². The van der Waals surface area contributed by atoms with E-state index in [1.54, 1.807) is 22.2 Å². The zero-order valence-electron chi connectivity index (χ0n) is 17.3. The van der Waals surface area contributed by atoms with Crippen molar-refractivity contribution in [2.24, 2.45) is 0 Å². The van der Waals surface area contributed by atoms with E-state index in [1.807, 2.05) is 34.6 Å². The molecule has 3 saturated heterocycles. The normalized spacial score (nSPS) is 22.6. The number of anilines is 1. The molecule has 8 nitrogen and oxygen atoms in total. The number of piperazine rings is 1. The first-order valence-corrected chi connectivity index (χ1v) is 11.2. The third kappa shape index (κ3) is 2.75. The molecule has 2 aromatic heterocycles. The van der Waals surface area contributed by atoms with Gasteiger partial charge in [-0.1, -0.05) is 0 Å². The summed E-state index contributed by atoms with van der Waals surface area (Å²) in [4.78, 5) is 11.3. The van der Waals surface area contributed by atoms with E-state index in [9.17, 15) is 8.42 Å². The molecule has 5 rings (SSSR count). The molecule has 0 amide bonds. The summed E-state index contributed by atoms with van der Waals surface area (Å²) in [5, 5.41) is 4.48. The average molecular weight is 405 g/mol. The highest BCUT2D eigenvalue weighted by Gasteiger charge is 2.52. The summed E-state index contributed by atoms with van der Waals surface area (Å²) in [7, 11) is -3.57. The third-order valence-corrected chi connectivity index (χ3v) is 8.28. The van der Waals surface area contributed by atoms with Crippen molar-refractivity contribution < 1.29 is 8.42 Å². The third-order valence-electron chi connectivity index (χ3n) is 6.02. The lowest BCUT2D eigenvalue weighted by atomic mass is 9.91. The van der Waals surface area contributed by atoms with Crippen molar-refractivity contribution in [1.82, 2.24) is 24.1 Å². The van der Waals surface area contributed by atoms with Crippen molar-refractivity contribution in [1.29, 1.82) is 0 Å². The van der Waals surface area contributed by atoms with Gasteiger partial charge in [-0.3, -0.25) is 4.68 Å². The van der Waals surface area contributed by atoms with E-state index >= 15 is 0 Å². The molecule has 0 aliphatic carbocycles. The Balaban J connectivity index is 1.63. The minimum atomic E-state index is -3.57. The predicted molar refractivity (Wildman–Crippen MR) is 107 cm³/mol. The van der Waals surface area contributed by atoms with Gasteiger partial charge in [-0.2, -0.15) is 9.40 Å². The Hall–Kier alpha value is -2.00. The molecule has 0 radical (unpaired) electrons. The standard InChI is InChI=1S/C19H28N6O2S/c1-11(2)24-15(6)18(14(5)22-24)28(26,27)25-16-7-17(25)9-23(8-16)19-12(3)13(4)20-10-21-19/h10-11,16-17H,7-9H2,1-6H3. The van der Waals surface area contributed by atoms with Gasteiger partial charge in [-0.15, -0.1) is 0 Å². The predicted octanol–water partition coefficient (Wildman–Crippen LogP) is 2.14. The number of fused-ring (bicyclic) bond motifs is 2. The van der Waals surface area contributed by atoms with E-state index in [0.717, 1.165) is 29.2 Å². The fourth-order valence-electron chi connectivity index (χ4n) is 4.61. The molecule has 3 aliphatic heterocycles. The van der Waals surface area contributed by atoms with Crippen molar-refractivity contribution in [2.45, 2.75) is 71.0 Å². The second-order valence-corrected chi connectivity index (χ2v) is 10.0. The highest BCUT2D eigenvalue weighted by atomic mass is 32.2. The lowest BCUT2D eigenvalue weighted by Crippen LogP contribution is -2.70. The lowest BCUT2D eigenvalue weighted by molar-refractivity contribution is 0.0873. The van der Waals surface area contributed by atoms with E-state index in [-0.39, 0.29) is 18.1 Å². The van der Waals surface area contributed by atoms with Gasteiger partial charge in [0.25, 0.3) is 0 Å². The van der Waals surface area contributed by atoms with Crippen molar-refractivity contribution in [3.8, 4) is 0 Å². The number of nitrogens with zero attached hydrogens (tertiary/aromatic N) is 6. The number of aromatic nitrogens is 4. The highest BCUT2D eigenvalue weighted by Crippen LogP contribution is 2.40. The van der Waals surface area contributed by atoms with Crippen LogP contribution in [0, 0.1) is 27.7 Å². The molecular formula is C19H28N6O2S. The van der Waals surface area contributed by atoms with Gasteiger partial charge in [0.2, 0.25) is 10.0 Å². The summed E-state index contributed by atoms with van der Waals surface area (Å²) in [6.45, 7) is 13.0. The second kappa shape index (κ2) is 6.52.